The molecule has 0 radical (unpaired) electrons. The molecule has 0 aromatic rings. The zero-order chi connectivity index (χ0) is 16.7. The lowest BCUT2D eigenvalue weighted by Gasteiger charge is -2.50. The van der Waals surface area contributed by atoms with Crippen LogP contribution < -0.4 is 0 Å². The maximum atomic E-state index is 13.9. The van der Waals surface area contributed by atoms with E-state index < -0.39 is 72.1 Å². The summed E-state index contributed by atoms with van der Waals surface area (Å²) >= 11 is 0. The molecule has 3 saturated carbocycles. The molecule has 2 bridgehead atoms. The Labute approximate surface area is 122 Å². The maximum absolute atomic E-state index is 13.9. The summed E-state index contributed by atoms with van der Waals surface area (Å²) in [5.74, 6) is -13.0. The van der Waals surface area contributed by atoms with E-state index in [-0.39, 0.29) is 0 Å². The Morgan fingerprint density at radius 3 is 1.00 bits per heavy atom. The Morgan fingerprint density at radius 2 is 0.739 bits per heavy atom. The third kappa shape index (κ3) is 1.48. The fraction of sp³-hybridized carbons (Fsp3) is 1.00. The van der Waals surface area contributed by atoms with Gasteiger partial charge in [-0.3, -0.25) is 9.47 Å². The number of hydrogen-bond donors (Lipinski definition) is 0. The summed E-state index contributed by atoms with van der Waals surface area (Å²) in [5, 5.41) is 0. The van der Waals surface area contributed by atoms with Crippen molar-refractivity contribution < 1.29 is 49.3 Å². The molecule has 0 aromatic carbocycles. The van der Waals surface area contributed by atoms with Crippen LogP contribution >= 0.6 is 0 Å². The van der Waals surface area contributed by atoms with E-state index in [1.165, 1.54) is 0 Å². The number of epoxide rings is 1. The molecule has 3 aliphatic heterocycles. The first-order valence-corrected chi connectivity index (χ1v) is 6.95. The smallest absolute Gasteiger partial charge is 0.363 e. The van der Waals surface area contributed by atoms with E-state index in [0.717, 1.165) is 0 Å². The van der Waals surface area contributed by atoms with Crippen LogP contribution in [0, 0.1) is 35.5 Å². The van der Waals surface area contributed by atoms with Gasteiger partial charge in [0.25, 0.3) is 0 Å². The summed E-state index contributed by atoms with van der Waals surface area (Å²) in [6.45, 7) is 0. The fourth-order valence-corrected chi connectivity index (χ4v) is 5.34. The van der Waals surface area contributed by atoms with Crippen molar-refractivity contribution in [1.82, 2.24) is 0 Å². The highest BCUT2D eigenvalue weighted by molar-refractivity contribution is 5.23. The Balaban J connectivity index is 1.70. The Kier molecular flexibility index (Phi) is 2.21. The van der Waals surface area contributed by atoms with Gasteiger partial charge in [-0.1, -0.05) is 0 Å². The van der Waals surface area contributed by atoms with Crippen LogP contribution in [-0.2, 0) is 14.2 Å². The third-order valence-corrected chi connectivity index (χ3v) is 5.85. The van der Waals surface area contributed by atoms with Gasteiger partial charge in [0.1, 0.15) is 0 Å². The molecule has 6 fully saturated rings. The maximum Gasteiger partial charge on any atom is 0.363 e. The summed E-state index contributed by atoms with van der Waals surface area (Å²) in [5.41, 5.74) is 0. The monoisotopic (exact) mass is 352 g/mol. The molecular formula is C12H8F8O3. The molecule has 3 heterocycles. The van der Waals surface area contributed by atoms with Crippen LogP contribution in [0.25, 0.3) is 0 Å². The summed E-state index contributed by atoms with van der Waals surface area (Å²) in [6, 6.07) is 0. The highest BCUT2D eigenvalue weighted by Gasteiger charge is 2.89. The Bertz CT molecular complexity index is 505. The minimum Gasteiger partial charge on any atom is -0.369 e. The van der Waals surface area contributed by atoms with Gasteiger partial charge in [0.05, 0.1) is 35.9 Å². The topological polar surface area (TPSA) is 31.0 Å². The molecule has 11 heteroatoms. The molecule has 2 unspecified atom stereocenters. The number of hydrogen-bond acceptors (Lipinski definition) is 3. The summed E-state index contributed by atoms with van der Waals surface area (Å²) in [7, 11) is 0. The molecule has 6 aliphatic rings. The van der Waals surface area contributed by atoms with Crippen molar-refractivity contribution in [2.24, 2.45) is 35.5 Å². The van der Waals surface area contributed by atoms with Crippen LogP contribution in [0.1, 0.15) is 0 Å². The van der Waals surface area contributed by atoms with Crippen LogP contribution in [0.15, 0.2) is 0 Å². The lowest BCUT2D eigenvalue weighted by atomic mass is 9.50. The molecular weight excluding hydrogens is 344 g/mol. The molecule has 0 amide bonds. The predicted octanol–water partition coefficient (Wildman–Crippen LogP) is 2.91. The number of rotatable bonds is 0. The van der Waals surface area contributed by atoms with E-state index in [0.29, 0.717) is 0 Å². The standard InChI is InChI=1S/C12H8F8O3/c13-9(14)3-1-4-6(12(19,20)23-10(4,15)16)2(8-7(1)21-8)5(3)11(17,18)22-9/h1-8H/t1?,2?,3-,4+,5+,6-,7-,8+. The van der Waals surface area contributed by atoms with Gasteiger partial charge in [-0.2, -0.15) is 35.1 Å². The van der Waals surface area contributed by atoms with Gasteiger partial charge in [0.15, 0.2) is 0 Å². The van der Waals surface area contributed by atoms with E-state index in [9.17, 15) is 35.1 Å². The van der Waals surface area contributed by atoms with Gasteiger partial charge in [0, 0.05) is 11.8 Å². The van der Waals surface area contributed by atoms with Crippen molar-refractivity contribution in [1.29, 1.82) is 0 Å². The minimum absolute atomic E-state index is 1.17. The first-order valence-electron chi connectivity index (χ1n) is 6.95. The van der Waals surface area contributed by atoms with Crippen LogP contribution in [0.4, 0.5) is 35.1 Å². The fourth-order valence-electron chi connectivity index (χ4n) is 5.34. The normalized spacial score (nSPS) is 58.4. The first kappa shape index (κ1) is 14.6. The molecule has 3 saturated heterocycles. The van der Waals surface area contributed by atoms with E-state index >= 15 is 0 Å². The summed E-state index contributed by atoms with van der Waals surface area (Å²) in [6.07, 6.45) is -19.9. The van der Waals surface area contributed by atoms with Crippen molar-refractivity contribution in [3.05, 3.63) is 0 Å². The number of halogens is 8. The van der Waals surface area contributed by atoms with Crippen LogP contribution in [0.5, 0.6) is 0 Å². The van der Waals surface area contributed by atoms with E-state index in [1.807, 2.05) is 0 Å². The number of ether oxygens (including phenoxy) is 3. The number of alkyl halides is 8. The molecule has 3 aliphatic carbocycles. The molecule has 23 heavy (non-hydrogen) atoms. The highest BCUT2D eigenvalue weighted by Crippen LogP contribution is 2.76. The lowest BCUT2D eigenvalue weighted by Crippen LogP contribution is -2.62. The van der Waals surface area contributed by atoms with E-state index in [4.69, 9.17) is 4.74 Å². The molecule has 3 nitrogen and oxygen atoms in total. The zero-order valence-electron chi connectivity index (χ0n) is 10.9. The first-order chi connectivity index (χ1) is 10.4. The van der Waals surface area contributed by atoms with Crippen molar-refractivity contribution >= 4 is 0 Å². The molecule has 130 valence electrons. The van der Waals surface area contributed by atoms with Crippen LogP contribution in [-0.4, -0.2) is 36.6 Å². The van der Waals surface area contributed by atoms with Gasteiger partial charge in [0.2, 0.25) is 0 Å². The van der Waals surface area contributed by atoms with Gasteiger partial charge >= 0.3 is 24.4 Å². The average Bonchev–Trinajstić information content (AvgIpc) is 3.07. The summed E-state index contributed by atoms with van der Waals surface area (Å²) in [4.78, 5) is 0. The van der Waals surface area contributed by atoms with E-state index in [2.05, 4.69) is 9.47 Å². The predicted molar refractivity (Wildman–Crippen MR) is 51.6 cm³/mol. The Morgan fingerprint density at radius 1 is 0.478 bits per heavy atom. The van der Waals surface area contributed by atoms with Crippen LogP contribution in [0.2, 0.25) is 0 Å². The SMILES string of the molecule is FC1(F)OC(F)(F)[C@H]2C3[C@H]4O[C@H]4C([C@H]21)[C@H]1[C@@H]3C(F)(F)OC1(F)F. The van der Waals surface area contributed by atoms with Crippen molar-refractivity contribution in [2.75, 3.05) is 0 Å². The lowest BCUT2D eigenvalue weighted by molar-refractivity contribution is -0.354. The van der Waals surface area contributed by atoms with Gasteiger partial charge in [-0.25, -0.2) is 0 Å². The van der Waals surface area contributed by atoms with Crippen LogP contribution in [0.3, 0.4) is 0 Å². The van der Waals surface area contributed by atoms with Crippen molar-refractivity contribution in [3.8, 4) is 0 Å². The molecule has 8 atom stereocenters. The van der Waals surface area contributed by atoms with Gasteiger partial charge < -0.3 is 4.74 Å². The second-order valence-electron chi connectivity index (χ2n) is 6.77. The molecule has 0 spiro atoms. The molecule has 0 N–H and O–H groups in total. The zero-order valence-corrected chi connectivity index (χ0v) is 10.9. The quantitative estimate of drug-likeness (QED) is 0.496. The van der Waals surface area contributed by atoms with Crippen molar-refractivity contribution in [2.45, 2.75) is 36.6 Å². The van der Waals surface area contributed by atoms with Gasteiger partial charge in [-0.15, -0.1) is 0 Å². The van der Waals surface area contributed by atoms with Crippen molar-refractivity contribution in [3.63, 3.8) is 0 Å². The largest absolute Gasteiger partial charge is 0.369 e. The van der Waals surface area contributed by atoms with E-state index in [1.54, 1.807) is 0 Å². The molecule has 0 aromatic heterocycles. The summed E-state index contributed by atoms with van der Waals surface area (Å²) < 4.78 is 123. The second kappa shape index (κ2) is 3.48. The minimum atomic E-state index is -4.40. The second-order valence-corrected chi connectivity index (χ2v) is 6.77. The third-order valence-electron chi connectivity index (χ3n) is 5.85. The molecule has 6 rings (SSSR count). The Hall–Kier alpha value is -0.680. The highest BCUT2D eigenvalue weighted by atomic mass is 19.3. The average molecular weight is 352 g/mol. The van der Waals surface area contributed by atoms with Gasteiger partial charge in [-0.05, 0) is 0 Å².